The number of hydrogen-bond donors (Lipinski definition) is 2. The molecular formula is C14H15NO. The third-order valence-corrected chi connectivity index (χ3v) is 2.66. The summed E-state index contributed by atoms with van der Waals surface area (Å²) in [5.74, 6) is 0.293. The molecule has 0 aliphatic carbocycles. The molecule has 3 N–H and O–H groups in total. The SMILES string of the molecule is Cc1ccc(-c2cc(CN)ccc2O)cc1. The van der Waals surface area contributed by atoms with Gasteiger partial charge >= 0.3 is 0 Å². The first kappa shape index (κ1) is 10.7. The van der Waals surface area contributed by atoms with Crippen LogP contribution >= 0.6 is 0 Å². The van der Waals surface area contributed by atoms with Crippen molar-refractivity contribution in [3.05, 3.63) is 53.6 Å². The van der Waals surface area contributed by atoms with E-state index in [0.717, 1.165) is 16.7 Å². The second kappa shape index (κ2) is 4.37. The van der Waals surface area contributed by atoms with Gasteiger partial charge in [-0.15, -0.1) is 0 Å². The van der Waals surface area contributed by atoms with Gasteiger partial charge in [-0.3, -0.25) is 0 Å². The fraction of sp³-hybridized carbons (Fsp3) is 0.143. The first-order valence-electron chi connectivity index (χ1n) is 5.29. The summed E-state index contributed by atoms with van der Waals surface area (Å²) >= 11 is 0. The summed E-state index contributed by atoms with van der Waals surface area (Å²) in [4.78, 5) is 0. The van der Waals surface area contributed by atoms with Crippen molar-refractivity contribution < 1.29 is 5.11 Å². The van der Waals surface area contributed by atoms with Gasteiger partial charge in [0.25, 0.3) is 0 Å². The fourth-order valence-electron chi connectivity index (χ4n) is 1.67. The van der Waals surface area contributed by atoms with Gasteiger partial charge in [-0.1, -0.05) is 35.9 Å². The average molecular weight is 213 g/mol. The van der Waals surface area contributed by atoms with E-state index >= 15 is 0 Å². The smallest absolute Gasteiger partial charge is 0.123 e. The van der Waals surface area contributed by atoms with Gasteiger partial charge < -0.3 is 10.8 Å². The predicted molar refractivity (Wildman–Crippen MR) is 66.2 cm³/mol. The molecule has 0 heterocycles. The molecule has 16 heavy (non-hydrogen) atoms. The number of phenols is 1. The Morgan fingerprint density at radius 3 is 2.38 bits per heavy atom. The zero-order chi connectivity index (χ0) is 11.5. The number of benzene rings is 2. The lowest BCUT2D eigenvalue weighted by molar-refractivity contribution is 0.477. The molecule has 0 amide bonds. The quantitative estimate of drug-likeness (QED) is 0.805. The molecule has 0 saturated heterocycles. The number of aromatic hydroxyl groups is 1. The third kappa shape index (κ3) is 2.07. The monoisotopic (exact) mass is 213 g/mol. The maximum Gasteiger partial charge on any atom is 0.123 e. The van der Waals surface area contributed by atoms with Crippen LogP contribution in [0.25, 0.3) is 11.1 Å². The minimum atomic E-state index is 0.293. The van der Waals surface area contributed by atoms with E-state index in [-0.39, 0.29) is 0 Å². The first-order valence-corrected chi connectivity index (χ1v) is 5.29. The van der Waals surface area contributed by atoms with E-state index < -0.39 is 0 Å². The molecule has 0 spiro atoms. The Kier molecular flexibility index (Phi) is 2.93. The lowest BCUT2D eigenvalue weighted by Gasteiger charge is -2.07. The molecule has 82 valence electrons. The maximum absolute atomic E-state index is 9.81. The van der Waals surface area contributed by atoms with Crippen molar-refractivity contribution in [2.45, 2.75) is 13.5 Å². The molecule has 0 saturated carbocycles. The lowest BCUT2D eigenvalue weighted by Crippen LogP contribution is -1.96. The fourth-order valence-corrected chi connectivity index (χ4v) is 1.67. The second-order valence-electron chi connectivity index (χ2n) is 3.92. The molecule has 2 heteroatoms. The summed E-state index contributed by atoms with van der Waals surface area (Å²) < 4.78 is 0. The Hall–Kier alpha value is -1.80. The van der Waals surface area contributed by atoms with Crippen molar-refractivity contribution in [2.75, 3.05) is 0 Å². The van der Waals surface area contributed by atoms with Crippen molar-refractivity contribution in [3.8, 4) is 16.9 Å². The Morgan fingerprint density at radius 2 is 1.75 bits per heavy atom. The normalized spacial score (nSPS) is 10.4. The van der Waals surface area contributed by atoms with Gasteiger partial charge in [0.2, 0.25) is 0 Å². The van der Waals surface area contributed by atoms with Gasteiger partial charge in [0.05, 0.1) is 0 Å². The Labute approximate surface area is 95.4 Å². The minimum Gasteiger partial charge on any atom is -0.507 e. The van der Waals surface area contributed by atoms with E-state index in [2.05, 4.69) is 0 Å². The van der Waals surface area contributed by atoms with Gasteiger partial charge in [-0.2, -0.15) is 0 Å². The van der Waals surface area contributed by atoms with Crippen molar-refractivity contribution in [1.82, 2.24) is 0 Å². The van der Waals surface area contributed by atoms with Gasteiger partial charge in [0.15, 0.2) is 0 Å². The Bertz CT molecular complexity index is 489. The van der Waals surface area contributed by atoms with Crippen molar-refractivity contribution in [2.24, 2.45) is 5.73 Å². The summed E-state index contributed by atoms with van der Waals surface area (Å²) in [6.45, 7) is 2.53. The third-order valence-electron chi connectivity index (χ3n) is 2.66. The topological polar surface area (TPSA) is 46.2 Å². The molecule has 0 bridgehead atoms. The molecular weight excluding hydrogens is 198 g/mol. The van der Waals surface area contributed by atoms with E-state index in [0.29, 0.717) is 12.3 Å². The summed E-state index contributed by atoms with van der Waals surface area (Å²) in [5, 5.41) is 9.81. The molecule has 0 aliphatic heterocycles. The molecule has 0 aromatic heterocycles. The Morgan fingerprint density at radius 1 is 1.06 bits per heavy atom. The molecule has 2 aromatic rings. The lowest BCUT2D eigenvalue weighted by atomic mass is 10.0. The van der Waals surface area contributed by atoms with E-state index in [1.54, 1.807) is 6.07 Å². The van der Waals surface area contributed by atoms with E-state index in [1.807, 2.05) is 43.3 Å². The largest absolute Gasteiger partial charge is 0.507 e. The van der Waals surface area contributed by atoms with Gasteiger partial charge in [0, 0.05) is 12.1 Å². The highest BCUT2D eigenvalue weighted by Crippen LogP contribution is 2.30. The van der Waals surface area contributed by atoms with Crippen LogP contribution in [-0.2, 0) is 6.54 Å². The zero-order valence-corrected chi connectivity index (χ0v) is 9.27. The molecule has 0 aliphatic rings. The van der Waals surface area contributed by atoms with Gasteiger partial charge in [0.1, 0.15) is 5.75 Å². The molecule has 2 aromatic carbocycles. The summed E-state index contributed by atoms with van der Waals surface area (Å²) in [6, 6.07) is 13.5. The number of hydrogen-bond acceptors (Lipinski definition) is 2. The van der Waals surface area contributed by atoms with E-state index in [9.17, 15) is 5.11 Å². The van der Waals surface area contributed by atoms with Gasteiger partial charge in [-0.25, -0.2) is 0 Å². The van der Waals surface area contributed by atoms with Crippen LogP contribution in [0.3, 0.4) is 0 Å². The van der Waals surface area contributed by atoms with Gasteiger partial charge in [-0.05, 0) is 30.2 Å². The van der Waals surface area contributed by atoms with Crippen LogP contribution in [0.15, 0.2) is 42.5 Å². The van der Waals surface area contributed by atoms with Crippen LogP contribution in [0.4, 0.5) is 0 Å². The van der Waals surface area contributed by atoms with Crippen molar-refractivity contribution in [1.29, 1.82) is 0 Å². The molecule has 2 nitrogen and oxygen atoms in total. The highest BCUT2D eigenvalue weighted by atomic mass is 16.3. The standard InChI is InChI=1S/C14H15NO/c1-10-2-5-12(6-3-10)13-8-11(9-15)4-7-14(13)16/h2-8,16H,9,15H2,1H3. The summed E-state index contributed by atoms with van der Waals surface area (Å²) in [6.07, 6.45) is 0. The molecule has 2 rings (SSSR count). The van der Waals surface area contributed by atoms with Crippen LogP contribution in [0, 0.1) is 6.92 Å². The minimum absolute atomic E-state index is 0.293. The molecule has 0 radical (unpaired) electrons. The molecule has 0 unspecified atom stereocenters. The molecule has 0 fully saturated rings. The first-order chi connectivity index (χ1) is 7.70. The van der Waals surface area contributed by atoms with Crippen molar-refractivity contribution >= 4 is 0 Å². The van der Waals surface area contributed by atoms with E-state index in [1.165, 1.54) is 5.56 Å². The average Bonchev–Trinajstić information content (AvgIpc) is 2.31. The highest BCUT2D eigenvalue weighted by Gasteiger charge is 2.04. The maximum atomic E-state index is 9.81. The van der Waals surface area contributed by atoms with E-state index in [4.69, 9.17) is 5.73 Å². The van der Waals surface area contributed by atoms with Crippen molar-refractivity contribution in [3.63, 3.8) is 0 Å². The summed E-state index contributed by atoms with van der Waals surface area (Å²) in [5.41, 5.74) is 9.67. The van der Waals surface area contributed by atoms with Crippen LogP contribution in [0.2, 0.25) is 0 Å². The van der Waals surface area contributed by atoms with Crippen LogP contribution in [0.1, 0.15) is 11.1 Å². The number of nitrogens with two attached hydrogens (primary N) is 1. The number of aryl methyl sites for hydroxylation is 1. The second-order valence-corrected chi connectivity index (χ2v) is 3.92. The highest BCUT2D eigenvalue weighted by molar-refractivity contribution is 5.70. The molecule has 0 atom stereocenters. The Balaban J connectivity index is 2.50. The number of rotatable bonds is 2. The van der Waals surface area contributed by atoms with Crippen LogP contribution in [-0.4, -0.2) is 5.11 Å². The predicted octanol–water partition coefficient (Wildman–Crippen LogP) is 2.83. The van der Waals surface area contributed by atoms with Crippen LogP contribution < -0.4 is 5.73 Å². The van der Waals surface area contributed by atoms with Crippen LogP contribution in [0.5, 0.6) is 5.75 Å². The number of phenolic OH excluding ortho intramolecular Hbond substituents is 1. The summed E-state index contributed by atoms with van der Waals surface area (Å²) in [7, 11) is 0. The zero-order valence-electron chi connectivity index (χ0n) is 9.27.